The molecule has 28 heavy (non-hydrogen) atoms. The molecule has 1 saturated heterocycles. The second-order valence-corrected chi connectivity index (χ2v) is 6.10. The van der Waals surface area contributed by atoms with E-state index in [0.29, 0.717) is 16.9 Å². The highest BCUT2D eigenvalue weighted by atomic mass is 19.3. The van der Waals surface area contributed by atoms with Crippen molar-refractivity contribution in [1.82, 2.24) is 10.3 Å². The van der Waals surface area contributed by atoms with Gasteiger partial charge in [0.2, 0.25) is 0 Å². The number of hydrogen-bond acceptors (Lipinski definition) is 5. The minimum absolute atomic E-state index is 0.0491. The van der Waals surface area contributed by atoms with E-state index in [0.717, 1.165) is 5.01 Å². The number of urea groups is 1. The Kier molecular flexibility index (Phi) is 5.25. The molecule has 1 atom stereocenters. The molecular weight excluding hydrogens is 372 g/mol. The molecule has 0 aromatic heterocycles. The number of nitrogens with one attached hydrogen (secondary N) is 1. The smallest absolute Gasteiger partial charge is 0.387 e. The van der Waals surface area contributed by atoms with Crippen LogP contribution in [-0.4, -0.2) is 36.9 Å². The summed E-state index contributed by atoms with van der Waals surface area (Å²) >= 11 is 0. The summed E-state index contributed by atoms with van der Waals surface area (Å²) in [6, 6.07) is 11.7. The lowest BCUT2D eigenvalue weighted by Gasteiger charge is -2.21. The van der Waals surface area contributed by atoms with Crippen LogP contribution in [0, 0.1) is 0 Å². The number of carbonyl (C=O) groups excluding carboxylic acids is 2. The van der Waals surface area contributed by atoms with Crippen LogP contribution in [0.2, 0.25) is 0 Å². The first-order chi connectivity index (χ1) is 13.3. The van der Waals surface area contributed by atoms with Crippen LogP contribution in [0.4, 0.5) is 13.6 Å². The fourth-order valence-electron chi connectivity index (χ4n) is 2.74. The van der Waals surface area contributed by atoms with Gasteiger partial charge in [0.05, 0.1) is 13.3 Å². The molecule has 0 unspecified atom stereocenters. The molecule has 1 fully saturated rings. The summed E-state index contributed by atoms with van der Waals surface area (Å²) in [5, 5.41) is 7.28. The lowest BCUT2D eigenvalue weighted by molar-refractivity contribution is -0.131. The van der Waals surface area contributed by atoms with Gasteiger partial charge in [0.25, 0.3) is 5.91 Å². The summed E-state index contributed by atoms with van der Waals surface area (Å²) in [5.41, 5.74) is -0.333. The average molecular weight is 389 g/mol. The highest BCUT2D eigenvalue weighted by Gasteiger charge is 2.49. The molecule has 146 valence electrons. The van der Waals surface area contributed by atoms with Crippen molar-refractivity contribution in [2.24, 2.45) is 5.10 Å². The highest BCUT2D eigenvalue weighted by molar-refractivity contribution is 6.07. The van der Waals surface area contributed by atoms with Crippen molar-refractivity contribution < 1.29 is 27.8 Å². The number of methoxy groups -OCH3 is 1. The van der Waals surface area contributed by atoms with Crippen molar-refractivity contribution in [3.8, 4) is 11.5 Å². The van der Waals surface area contributed by atoms with E-state index in [1.165, 1.54) is 44.5 Å². The van der Waals surface area contributed by atoms with Gasteiger partial charge in [-0.05, 0) is 42.3 Å². The number of alkyl halides is 2. The van der Waals surface area contributed by atoms with Crippen LogP contribution in [0.5, 0.6) is 11.5 Å². The third kappa shape index (κ3) is 3.78. The topological polar surface area (TPSA) is 80.2 Å². The Hall–Kier alpha value is -3.49. The van der Waals surface area contributed by atoms with Gasteiger partial charge < -0.3 is 14.8 Å². The van der Waals surface area contributed by atoms with Crippen LogP contribution in [0.15, 0.2) is 53.6 Å². The maximum absolute atomic E-state index is 12.8. The third-order valence-corrected chi connectivity index (χ3v) is 4.24. The van der Waals surface area contributed by atoms with E-state index in [4.69, 9.17) is 4.74 Å². The fraction of sp³-hybridized carbons (Fsp3) is 0.211. The SMILES string of the molecule is COc1cccc(C=NN2C(=O)N[C@@](C)(c3ccc(OC(F)F)cc3)C2=O)c1. The number of imide groups is 1. The Labute approximate surface area is 159 Å². The number of carbonyl (C=O) groups is 2. The summed E-state index contributed by atoms with van der Waals surface area (Å²) in [6.45, 7) is -1.44. The van der Waals surface area contributed by atoms with E-state index in [1.54, 1.807) is 24.3 Å². The van der Waals surface area contributed by atoms with Crippen molar-refractivity contribution >= 4 is 18.2 Å². The molecule has 1 N–H and O–H groups in total. The molecular formula is C19H17F2N3O4. The maximum Gasteiger partial charge on any atom is 0.387 e. The number of nitrogens with zero attached hydrogens (tertiary/aromatic N) is 2. The first-order valence-corrected chi connectivity index (χ1v) is 8.23. The summed E-state index contributed by atoms with van der Waals surface area (Å²) in [7, 11) is 1.52. The lowest BCUT2D eigenvalue weighted by atomic mass is 9.92. The zero-order valence-electron chi connectivity index (χ0n) is 15.1. The van der Waals surface area contributed by atoms with Crippen LogP contribution >= 0.6 is 0 Å². The molecule has 1 aliphatic heterocycles. The fourth-order valence-corrected chi connectivity index (χ4v) is 2.74. The van der Waals surface area contributed by atoms with E-state index >= 15 is 0 Å². The highest BCUT2D eigenvalue weighted by Crippen LogP contribution is 2.30. The Morgan fingerprint density at radius 3 is 2.50 bits per heavy atom. The summed E-state index contributed by atoms with van der Waals surface area (Å²) in [4.78, 5) is 25.1. The molecule has 1 aliphatic rings. The second kappa shape index (κ2) is 7.63. The van der Waals surface area contributed by atoms with Gasteiger partial charge in [0.15, 0.2) is 0 Å². The van der Waals surface area contributed by atoms with Crippen molar-refractivity contribution in [3.63, 3.8) is 0 Å². The van der Waals surface area contributed by atoms with Gasteiger partial charge in [0.1, 0.15) is 17.0 Å². The number of rotatable bonds is 6. The van der Waals surface area contributed by atoms with E-state index in [2.05, 4.69) is 15.2 Å². The van der Waals surface area contributed by atoms with Gasteiger partial charge in [-0.1, -0.05) is 24.3 Å². The molecule has 3 amide bonds. The van der Waals surface area contributed by atoms with Gasteiger partial charge in [-0.15, -0.1) is 5.01 Å². The predicted molar refractivity (Wildman–Crippen MR) is 96.4 cm³/mol. The normalized spacial score (nSPS) is 19.4. The third-order valence-electron chi connectivity index (χ3n) is 4.24. The Morgan fingerprint density at radius 1 is 1.14 bits per heavy atom. The molecule has 0 radical (unpaired) electrons. The van der Waals surface area contributed by atoms with Gasteiger partial charge in [0, 0.05) is 0 Å². The number of hydrogen-bond donors (Lipinski definition) is 1. The molecule has 0 spiro atoms. The number of benzene rings is 2. The minimum Gasteiger partial charge on any atom is -0.497 e. The predicted octanol–water partition coefficient (Wildman–Crippen LogP) is 3.10. The standard InChI is InChI=1S/C19H17F2N3O4/c1-19(13-6-8-14(9-7-13)28-17(20)21)16(25)24(18(26)23-19)22-11-12-4-3-5-15(10-12)27-2/h3-11,17H,1-2H3,(H,23,26)/t19-/m0/s1. The molecule has 2 aromatic carbocycles. The lowest BCUT2D eigenvalue weighted by Crippen LogP contribution is -2.40. The van der Waals surface area contributed by atoms with Crippen molar-refractivity contribution in [1.29, 1.82) is 0 Å². The van der Waals surface area contributed by atoms with Crippen LogP contribution in [0.25, 0.3) is 0 Å². The van der Waals surface area contributed by atoms with Crippen LogP contribution in [0.1, 0.15) is 18.1 Å². The summed E-state index contributed by atoms with van der Waals surface area (Å²) in [6.07, 6.45) is 1.37. The molecule has 0 saturated carbocycles. The molecule has 2 aromatic rings. The largest absolute Gasteiger partial charge is 0.497 e. The van der Waals surface area contributed by atoms with Gasteiger partial charge in [-0.25, -0.2) is 4.79 Å². The Bertz CT molecular complexity index is 918. The zero-order valence-corrected chi connectivity index (χ0v) is 15.1. The van der Waals surface area contributed by atoms with E-state index in [1.807, 2.05) is 0 Å². The second-order valence-electron chi connectivity index (χ2n) is 6.10. The molecule has 1 heterocycles. The van der Waals surface area contributed by atoms with Crippen molar-refractivity contribution in [2.45, 2.75) is 19.1 Å². The number of halogens is 2. The van der Waals surface area contributed by atoms with Crippen LogP contribution < -0.4 is 14.8 Å². The first kappa shape index (κ1) is 19.3. The van der Waals surface area contributed by atoms with Crippen molar-refractivity contribution in [2.75, 3.05) is 7.11 Å². The first-order valence-electron chi connectivity index (χ1n) is 8.23. The van der Waals surface area contributed by atoms with E-state index in [-0.39, 0.29) is 5.75 Å². The van der Waals surface area contributed by atoms with Crippen molar-refractivity contribution in [3.05, 3.63) is 59.7 Å². The van der Waals surface area contributed by atoms with E-state index in [9.17, 15) is 18.4 Å². The molecule has 7 nitrogen and oxygen atoms in total. The van der Waals surface area contributed by atoms with Gasteiger partial charge >= 0.3 is 12.6 Å². The quantitative estimate of drug-likeness (QED) is 0.608. The monoisotopic (exact) mass is 389 g/mol. The number of amides is 3. The Balaban J connectivity index is 1.81. The maximum atomic E-state index is 12.8. The van der Waals surface area contributed by atoms with Crippen LogP contribution in [-0.2, 0) is 10.3 Å². The summed E-state index contributed by atoms with van der Waals surface area (Å²) in [5.74, 6) is -0.0386. The summed E-state index contributed by atoms with van der Waals surface area (Å²) < 4.78 is 33.9. The van der Waals surface area contributed by atoms with Crippen LogP contribution in [0.3, 0.4) is 0 Å². The minimum atomic E-state index is -2.95. The number of hydrazone groups is 1. The average Bonchev–Trinajstić information content (AvgIpc) is 2.89. The molecule has 0 aliphatic carbocycles. The Morgan fingerprint density at radius 2 is 1.86 bits per heavy atom. The molecule has 3 rings (SSSR count). The number of ether oxygens (including phenoxy) is 2. The van der Waals surface area contributed by atoms with Gasteiger partial charge in [-0.2, -0.15) is 13.9 Å². The zero-order chi connectivity index (χ0) is 20.3. The van der Waals surface area contributed by atoms with Gasteiger partial charge in [-0.3, -0.25) is 4.79 Å². The molecule has 9 heteroatoms. The van der Waals surface area contributed by atoms with E-state index < -0.39 is 24.1 Å². The molecule has 0 bridgehead atoms.